The molecule has 1 atom stereocenters. The monoisotopic (exact) mass is 236 g/mol. The minimum absolute atomic E-state index is 0.0176. The van der Waals surface area contributed by atoms with Gasteiger partial charge in [0.1, 0.15) is 5.82 Å². The molecule has 1 aromatic carbocycles. The lowest BCUT2D eigenvalue weighted by Crippen LogP contribution is -2.13. The first-order chi connectivity index (χ1) is 7.08. The van der Waals surface area contributed by atoms with Crippen molar-refractivity contribution in [2.45, 2.75) is 12.5 Å². The molecule has 0 amide bonds. The van der Waals surface area contributed by atoms with Gasteiger partial charge in [-0.1, -0.05) is 0 Å². The number of halogens is 3. The Balaban J connectivity index is 2.95. The maximum atomic E-state index is 13.3. The molecule has 0 unspecified atom stereocenters. The summed E-state index contributed by atoms with van der Waals surface area (Å²) in [7, 11) is 1.26. The molecule has 0 saturated carbocycles. The van der Waals surface area contributed by atoms with E-state index in [2.05, 4.69) is 4.74 Å². The first-order valence-corrected chi connectivity index (χ1v) is 4.88. The lowest BCUT2D eigenvalue weighted by atomic mass is 10.1. The van der Waals surface area contributed by atoms with Gasteiger partial charge in [-0.05, 0) is 11.6 Å². The van der Waals surface area contributed by atoms with Crippen LogP contribution in [-0.4, -0.2) is 24.2 Å². The van der Waals surface area contributed by atoms with Crippen molar-refractivity contribution in [3.05, 3.63) is 29.3 Å². The number of ether oxygens (including phenoxy) is 1. The second-order valence-electron chi connectivity index (χ2n) is 3.09. The van der Waals surface area contributed by atoms with E-state index in [1.165, 1.54) is 7.11 Å². The number of aliphatic hydroxyl groups excluding tert-OH is 1. The third-order valence-electron chi connectivity index (χ3n) is 1.95. The fourth-order valence-corrected chi connectivity index (χ4v) is 1.30. The SMILES string of the molecule is COc1cc(F)c(C[C@@H](O)CCl)cc1F. The van der Waals surface area contributed by atoms with Crippen molar-refractivity contribution < 1.29 is 18.6 Å². The molecule has 0 aliphatic rings. The minimum atomic E-state index is -0.881. The smallest absolute Gasteiger partial charge is 0.165 e. The van der Waals surface area contributed by atoms with E-state index in [1.807, 2.05) is 0 Å². The molecule has 84 valence electrons. The van der Waals surface area contributed by atoms with Gasteiger partial charge in [0.15, 0.2) is 11.6 Å². The molecule has 0 spiro atoms. The van der Waals surface area contributed by atoms with Crippen LogP contribution in [-0.2, 0) is 6.42 Å². The van der Waals surface area contributed by atoms with Crippen LogP contribution in [0.15, 0.2) is 12.1 Å². The Morgan fingerprint density at radius 2 is 2.07 bits per heavy atom. The Hall–Kier alpha value is -0.870. The predicted octanol–water partition coefficient (Wildman–Crippen LogP) is 2.12. The van der Waals surface area contributed by atoms with Gasteiger partial charge in [-0.15, -0.1) is 11.6 Å². The van der Waals surface area contributed by atoms with E-state index in [0.717, 1.165) is 12.1 Å². The predicted molar refractivity (Wildman–Crippen MR) is 53.3 cm³/mol. The van der Waals surface area contributed by atoms with Crippen LogP contribution in [0.3, 0.4) is 0 Å². The third kappa shape index (κ3) is 3.04. The summed E-state index contributed by atoms with van der Waals surface area (Å²) in [5, 5.41) is 9.20. The largest absolute Gasteiger partial charge is 0.494 e. The molecule has 2 nitrogen and oxygen atoms in total. The second kappa shape index (κ2) is 5.28. The zero-order valence-electron chi connectivity index (χ0n) is 8.14. The normalized spacial score (nSPS) is 12.6. The quantitative estimate of drug-likeness (QED) is 0.812. The molecule has 1 N–H and O–H groups in total. The third-order valence-corrected chi connectivity index (χ3v) is 2.31. The number of aliphatic hydroxyl groups is 1. The van der Waals surface area contributed by atoms with Crippen LogP contribution in [0.5, 0.6) is 5.75 Å². The molecule has 0 saturated heterocycles. The Morgan fingerprint density at radius 1 is 1.40 bits per heavy atom. The first kappa shape index (κ1) is 12.2. The summed E-state index contributed by atoms with van der Waals surface area (Å²) in [5.74, 6) is -1.45. The average Bonchev–Trinajstić information content (AvgIpc) is 2.22. The fraction of sp³-hybridized carbons (Fsp3) is 0.400. The Labute approximate surface area is 91.4 Å². The molecule has 0 aromatic heterocycles. The van der Waals surface area contributed by atoms with Gasteiger partial charge in [0.05, 0.1) is 13.2 Å². The van der Waals surface area contributed by atoms with Crippen molar-refractivity contribution in [2.24, 2.45) is 0 Å². The molecule has 5 heteroatoms. The summed E-state index contributed by atoms with van der Waals surface area (Å²) in [4.78, 5) is 0. The molecular formula is C10H11ClF2O2. The van der Waals surface area contributed by atoms with Crippen molar-refractivity contribution in [3.8, 4) is 5.75 Å². The van der Waals surface area contributed by atoms with Gasteiger partial charge in [-0.3, -0.25) is 0 Å². The minimum Gasteiger partial charge on any atom is -0.494 e. The molecule has 1 aromatic rings. The highest BCUT2D eigenvalue weighted by molar-refractivity contribution is 6.18. The Bertz CT molecular complexity index is 344. The number of benzene rings is 1. The molecule has 0 heterocycles. The molecular weight excluding hydrogens is 226 g/mol. The molecule has 0 aliphatic heterocycles. The van der Waals surface area contributed by atoms with Crippen LogP contribution >= 0.6 is 11.6 Å². The number of hydrogen-bond acceptors (Lipinski definition) is 2. The van der Waals surface area contributed by atoms with Gasteiger partial charge in [-0.2, -0.15) is 0 Å². The maximum absolute atomic E-state index is 13.3. The van der Waals surface area contributed by atoms with Gasteiger partial charge in [0.25, 0.3) is 0 Å². The number of alkyl halides is 1. The average molecular weight is 237 g/mol. The van der Waals surface area contributed by atoms with Crippen LogP contribution in [0.25, 0.3) is 0 Å². The topological polar surface area (TPSA) is 29.5 Å². The number of rotatable bonds is 4. The summed E-state index contributed by atoms with van der Waals surface area (Å²) in [6, 6.07) is 1.95. The van der Waals surface area contributed by atoms with Crippen molar-refractivity contribution in [1.82, 2.24) is 0 Å². The molecule has 15 heavy (non-hydrogen) atoms. The summed E-state index contributed by atoms with van der Waals surface area (Å²) in [5.41, 5.74) is 0.0847. The lowest BCUT2D eigenvalue weighted by molar-refractivity contribution is 0.197. The molecule has 0 bridgehead atoms. The Morgan fingerprint density at radius 3 is 2.60 bits per heavy atom. The van der Waals surface area contributed by atoms with E-state index in [1.54, 1.807) is 0 Å². The molecule has 0 fully saturated rings. The van der Waals surface area contributed by atoms with E-state index >= 15 is 0 Å². The summed E-state index contributed by atoms with van der Waals surface area (Å²) < 4.78 is 31.1. The molecule has 1 rings (SSSR count). The standard InChI is InChI=1S/C10H11ClF2O2/c1-15-10-4-8(12)6(3-9(10)13)2-7(14)5-11/h3-4,7,14H,2,5H2,1H3/t7-/m1/s1. The van der Waals surface area contributed by atoms with Crippen molar-refractivity contribution in [2.75, 3.05) is 13.0 Å². The van der Waals surface area contributed by atoms with E-state index in [-0.39, 0.29) is 23.6 Å². The summed E-state index contributed by atoms with van der Waals surface area (Å²) in [6.07, 6.45) is -0.898. The van der Waals surface area contributed by atoms with Crippen molar-refractivity contribution in [3.63, 3.8) is 0 Å². The Kier molecular flexibility index (Phi) is 4.29. The number of methoxy groups -OCH3 is 1. The molecule has 0 radical (unpaired) electrons. The van der Waals surface area contributed by atoms with E-state index in [4.69, 9.17) is 11.6 Å². The fourth-order valence-electron chi connectivity index (χ4n) is 1.19. The molecule has 0 aliphatic carbocycles. The van der Waals surface area contributed by atoms with E-state index in [9.17, 15) is 13.9 Å². The van der Waals surface area contributed by atoms with E-state index in [0.29, 0.717) is 0 Å². The highest BCUT2D eigenvalue weighted by atomic mass is 35.5. The zero-order chi connectivity index (χ0) is 11.4. The summed E-state index contributed by atoms with van der Waals surface area (Å²) >= 11 is 5.36. The zero-order valence-corrected chi connectivity index (χ0v) is 8.89. The maximum Gasteiger partial charge on any atom is 0.165 e. The van der Waals surface area contributed by atoms with Crippen LogP contribution in [0.2, 0.25) is 0 Å². The van der Waals surface area contributed by atoms with Crippen molar-refractivity contribution >= 4 is 11.6 Å². The lowest BCUT2D eigenvalue weighted by Gasteiger charge is -2.09. The van der Waals surface area contributed by atoms with Gasteiger partial charge >= 0.3 is 0 Å². The van der Waals surface area contributed by atoms with Gasteiger partial charge in [0, 0.05) is 18.4 Å². The highest BCUT2D eigenvalue weighted by Crippen LogP contribution is 2.22. The van der Waals surface area contributed by atoms with Crippen LogP contribution in [0.4, 0.5) is 8.78 Å². The summed E-state index contributed by atoms with van der Waals surface area (Å²) in [6.45, 7) is 0. The van der Waals surface area contributed by atoms with Crippen molar-refractivity contribution in [1.29, 1.82) is 0 Å². The van der Waals surface area contributed by atoms with Crippen LogP contribution in [0.1, 0.15) is 5.56 Å². The number of hydrogen-bond donors (Lipinski definition) is 1. The first-order valence-electron chi connectivity index (χ1n) is 4.34. The van der Waals surface area contributed by atoms with Gasteiger partial charge in [-0.25, -0.2) is 8.78 Å². The van der Waals surface area contributed by atoms with Gasteiger partial charge < -0.3 is 9.84 Å². The van der Waals surface area contributed by atoms with Gasteiger partial charge in [0.2, 0.25) is 0 Å². The highest BCUT2D eigenvalue weighted by Gasteiger charge is 2.13. The van der Waals surface area contributed by atoms with Crippen LogP contribution < -0.4 is 4.74 Å². The van der Waals surface area contributed by atoms with E-state index < -0.39 is 17.7 Å². The second-order valence-corrected chi connectivity index (χ2v) is 3.40. The van der Waals surface area contributed by atoms with Crippen LogP contribution in [0, 0.1) is 11.6 Å².